The van der Waals surface area contributed by atoms with Gasteiger partial charge in [0.1, 0.15) is 6.10 Å². The highest BCUT2D eigenvalue weighted by Crippen LogP contribution is 2.36. The van der Waals surface area contributed by atoms with Gasteiger partial charge in [0.2, 0.25) is 6.10 Å². The fourth-order valence-electron chi connectivity index (χ4n) is 2.83. The van der Waals surface area contributed by atoms with Crippen molar-refractivity contribution < 1.29 is 19.1 Å². The molecule has 0 aliphatic carbocycles. The Morgan fingerprint density at radius 1 is 1.06 bits per heavy atom. The number of fused-ring (bicyclic) bond motifs is 1. The van der Waals surface area contributed by atoms with Crippen molar-refractivity contribution in [1.29, 1.82) is 0 Å². The molecule has 2 fully saturated rings. The first kappa shape index (κ1) is 13.4. The molecule has 4 heteroatoms. The summed E-state index contributed by atoms with van der Waals surface area (Å²) in [7, 11) is 0. The molecule has 0 aromatic heterocycles. The molecule has 4 nitrogen and oxygen atoms in total. The number of unbranched alkanes of at least 4 members (excludes halogenated alkanes) is 5. The lowest BCUT2D eigenvalue weighted by atomic mass is 9.93. The Hall–Kier alpha value is -1.06. The monoisotopic (exact) mass is 254 g/mol. The zero-order chi connectivity index (χ0) is 13.0. The zero-order valence-corrected chi connectivity index (χ0v) is 11.0. The highest BCUT2D eigenvalue weighted by molar-refractivity contribution is 5.85. The van der Waals surface area contributed by atoms with Crippen LogP contribution in [0, 0.1) is 5.92 Å². The predicted molar refractivity (Wildman–Crippen MR) is 65.9 cm³/mol. The van der Waals surface area contributed by atoms with Gasteiger partial charge < -0.3 is 9.47 Å². The Morgan fingerprint density at radius 2 is 1.78 bits per heavy atom. The van der Waals surface area contributed by atoms with Crippen LogP contribution in [0.3, 0.4) is 0 Å². The number of cyclic esters (lactones) is 1. The maximum Gasteiger partial charge on any atom is 0.348 e. The number of hydrogen-bond donors (Lipinski definition) is 0. The summed E-state index contributed by atoms with van der Waals surface area (Å²) in [5.41, 5.74) is 0. The average Bonchev–Trinajstić information content (AvgIpc) is 2.85. The van der Waals surface area contributed by atoms with E-state index < -0.39 is 6.10 Å². The van der Waals surface area contributed by atoms with Gasteiger partial charge in [-0.25, -0.2) is 4.79 Å². The van der Waals surface area contributed by atoms with Gasteiger partial charge in [-0.1, -0.05) is 39.0 Å². The largest absolute Gasteiger partial charge is 0.459 e. The number of esters is 2. The van der Waals surface area contributed by atoms with E-state index in [4.69, 9.17) is 9.47 Å². The fourth-order valence-corrected chi connectivity index (χ4v) is 2.83. The Bertz CT molecular complexity index is 313. The van der Waals surface area contributed by atoms with Crippen LogP contribution in [0.5, 0.6) is 0 Å². The van der Waals surface area contributed by atoms with Crippen molar-refractivity contribution in [3.05, 3.63) is 0 Å². The third-order valence-corrected chi connectivity index (χ3v) is 3.87. The molecular formula is C14H22O4. The zero-order valence-electron chi connectivity index (χ0n) is 11.0. The van der Waals surface area contributed by atoms with Crippen LogP contribution in [-0.2, 0) is 19.1 Å². The van der Waals surface area contributed by atoms with Gasteiger partial charge >= 0.3 is 11.9 Å². The predicted octanol–water partition coefficient (Wildman–Crippen LogP) is 2.59. The lowest BCUT2D eigenvalue weighted by molar-refractivity contribution is -0.158. The maximum atomic E-state index is 11.5. The highest BCUT2D eigenvalue weighted by atomic mass is 16.6. The maximum absolute atomic E-state index is 11.5. The molecular weight excluding hydrogens is 232 g/mol. The van der Waals surface area contributed by atoms with E-state index in [1.165, 1.54) is 32.1 Å². The number of ether oxygens (including phenoxy) is 2. The fraction of sp³-hybridized carbons (Fsp3) is 0.857. The van der Waals surface area contributed by atoms with Gasteiger partial charge in [-0.3, -0.25) is 4.79 Å². The van der Waals surface area contributed by atoms with Crippen LogP contribution >= 0.6 is 0 Å². The molecule has 0 spiro atoms. The number of hydrogen-bond acceptors (Lipinski definition) is 4. The Morgan fingerprint density at radius 3 is 2.56 bits per heavy atom. The number of rotatable bonds is 7. The summed E-state index contributed by atoms with van der Waals surface area (Å²) < 4.78 is 10.3. The van der Waals surface area contributed by atoms with E-state index in [9.17, 15) is 9.59 Å². The van der Waals surface area contributed by atoms with E-state index in [2.05, 4.69) is 6.92 Å². The molecule has 102 valence electrons. The van der Waals surface area contributed by atoms with Crippen molar-refractivity contribution in [3.63, 3.8) is 0 Å². The second kappa shape index (κ2) is 6.21. The van der Waals surface area contributed by atoms with Gasteiger partial charge in [0.15, 0.2) is 0 Å². The highest BCUT2D eigenvalue weighted by Gasteiger charge is 2.52. The molecule has 0 bridgehead atoms. The van der Waals surface area contributed by atoms with Gasteiger partial charge in [0.25, 0.3) is 0 Å². The Kier molecular flexibility index (Phi) is 4.61. The average molecular weight is 254 g/mol. The van der Waals surface area contributed by atoms with Crippen molar-refractivity contribution in [3.8, 4) is 0 Å². The molecule has 2 heterocycles. The van der Waals surface area contributed by atoms with Crippen molar-refractivity contribution in [1.82, 2.24) is 0 Å². The second-order valence-electron chi connectivity index (χ2n) is 5.31. The first-order valence-electron chi connectivity index (χ1n) is 7.12. The van der Waals surface area contributed by atoms with Crippen LogP contribution in [0.25, 0.3) is 0 Å². The SMILES string of the molecule is CCCCCCCC[C@@H]1OC(=O)[C@H]2OC(=O)C[C@@H]12. The van der Waals surface area contributed by atoms with Crippen LogP contribution in [0.2, 0.25) is 0 Å². The molecule has 2 rings (SSSR count). The van der Waals surface area contributed by atoms with Crippen LogP contribution < -0.4 is 0 Å². The van der Waals surface area contributed by atoms with E-state index in [0.29, 0.717) is 6.42 Å². The summed E-state index contributed by atoms with van der Waals surface area (Å²) in [6, 6.07) is 0. The van der Waals surface area contributed by atoms with E-state index in [1.807, 2.05) is 0 Å². The molecule has 0 saturated carbocycles. The first-order chi connectivity index (χ1) is 8.72. The minimum absolute atomic E-state index is 0.0272. The third-order valence-electron chi connectivity index (χ3n) is 3.87. The summed E-state index contributed by atoms with van der Waals surface area (Å²) in [5.74, 6) is -0.628. The summed E-state index contributed by atoms with van der Waals surface area (Å²) in [4.78, 5) is 22.7. The normalized spacial score (nSPS) is 30.2. The lowest BCUT2D eigenvalue weighted by Crippen LogP contribution is -2.20. The molecule has 3 atom stereocenters. The van der Waals surface area contributed by atoms with E-state index in [-0.39, 0.29) is 24.0 Å². The molecule has 0 aromatic carbocycles. The van der Waals surface area contributed by atoms with Crippen LogP contribution in [0.4, 0.5) is 0 Å². The van der Waals surface area contributed by atoms with E-state index >= 15 is 0 Å². The van der Waals surface area contributed by atoms with Crippen LogP contribution in [-0.4, -0.2) is 24.1 Å². The molecule has 0 unspecified atom stereocenters. The summed E-state index contributed by atoms with van der Waals surface area (Å²) in [6.07, 6.45) is 7.84. The summed E-state index contributed by atoms with van der Waals surface area (Å²) in [6.45, 7) is 2.20. The molecule has 0 radical (unpaired) electrons. The van der Waals surface area contributed by atoms with Crippen molar-refractivity contribution in [2.75, 3.05) is 0 Å². The molecule has 0 N–H and O–H groups in total. The number of carbonyl (C=O) groups is 2. The van der Waals surface area contributed by atoms with E-state index in [1.54, 1.807) is 0 Å². The van der Waals surface area contributed by atoms with E-state index in [0.717, 1.165) is 12.8 Å². The van der Waals surface area contributed by atoms with Gasteiger partial charge in [0, 0.05) is 0 Å². The molecule has 18 heavy (non-hydrogen) atoms. The molecule has 0 aromatic rings. The molecule has 0 amide bonds. The quantitative estimate of drug-likeness (QED) is 0.517. The van der Waals surface area contributed by atoms with Gasteiger partial charge in [0.05, 0.1) is 12.3 Å². The van der Waals surface area contributed by atoms with Gasteiger partial charge in [-0.05, 0) is 12.8 Å². The van der Waals surface area contributed by atoms with Crippen LogP contribution in [0.15, 0.2) is 0 Å². The Labute approximate surface area is 108 Å². The molecule has 2 saturated heterocycles. The smallest absolute Gasteiger partial charge is 0.348 e. The second-order valence-corrected chi connectivity index (χ2v) is 5.31. The van der Waals surface area contributed by atoms with Crippen molar-refractivity contribution >= 4 is 11.9 Å². The Balaban J connectivity index is 1.67. The minimum Gasteiger partial charge on any atom is -0.459 e. The third kappa shape index (κ3) is 3.03. The van der Waals surface area contributed by atoms with Gasteiger partial charge in [-0.15, -0.1) is 0 Å². The van der Waals surface area contributed by atoms with Gasteiger partial charge in [-0.2, -0.15) is 0 Å². The standard InChI is InChI=1S/C14H22O4/c1-2-3-4-5-6-7-8-11-10-9-12(15)18-13(10)14(16)17-11/h10-11,13H,2-9H2,1H3/t10-,11-,13-/m0/s1. The topological polar surface area (TPSA) is 52.6 Å². The summed E-state index contributed by atoms with van der Waals surface area (Å²) >= 11 is 0. The first-order valence-corrected chi connectivity index (χ1v) is 7.12. The lowest BCUT2D eigenvalue weighted by Gasteiger charge is -2.13. The van der Waals surface area contributed by atoms with Crippen molar-refractivity contribution in [2.24, 2.45) is 5.92 Å². The van der Waals surface area contributed by atoms with Crippen molar-refractivity contribution in [2.45, 2.75) is 70.5 Å². The minimum atomic E-state index is -0.609. The molecule has 2 aliphatic rings. The summed E-state index contributed by atoms with van der Waals surface area (Å²) in [5, 5.41) is 0. The number of carbonyl (C=O) groups excluding carboxylic acids is 2. The van der Waals surface area contributed by atoms with Crippen LogP contribution in [0.1, 0.15) is 58.3 Å². The molecule has 2 aliphatic heterocycles.